The summed E-state index contributed by atoms with van der Waals surface area (Å²) in [7, 11) is 0. The lowest BCUT2D eigenvalue weighted by molar-refractivity contribution is -0.151. The van der Waals surface area contributed by atoms with Crippen molar-refractivity contribution in [1.29, 1.82) is 0 Å². The molecule has 0 saturated heterocycles. The van der Waals surface area contributed by atoms with Crippen molar-refractivity contribution in [3.05, 3.63) is 23.8 Å². The molecule has 0 saturated carbocycles. The van der Waals surface area contributed by atoms with Crippen molar-refractivity contribution in [3.8, 4) is 11.5 Å². The number of hydrogen-bond donors (Lipinski definition) is 3. The SMILES string of the molecule is CCCCCCC(=O)OCOC(=O)NCCc1ccc(O)c(O)c1. The number of rotatable bonds is 10. The first-order valence-electron chi connectivity index (χ1n) is 8.10. The molecule has 0 fully saturated rings. The second-order valence-corrected chi connectivity index (χ2v) is 5.38. The molecule has 1 amide bonds. The molecule has 0 unspecified atom stereocenters. The lowest BCUT2D eigenvalue weighted by Gasteiger charge is -2.08. The zero-order chi connectivity index (χ0) is 17.8. The molecule has 1 aromatic carbocycles. The molecule has 24 heavy (non-hydrogen) atoms. The molecule has 0 bridgehead atoms. The van der Waals surface area contributed by atoms with Crippen molar-refractivity contribution in [2.75, 3.05) is 13.3 Å². The highest BCUT2D eigenvalue weighted by atomic mass is 16.7. The summed E-state index contributed by atoms with van der Waals surface area (Å²) in [5, 5.41) is 21.1. The zero-order valence-corrected chi connectivity index (χ0v) is 13.9. The van der Waals surface area contributed by atoms with Gasteiger partial charge in [0.05, 0.1) is 0 Å². The number of phenols is 2. The Morgan fingerprint density at radius 2 is 1.88 bits per heavy atom. The van der Waals surface area contributed by atoms with Crippen LogP contribution in [0, 0.1) is 0 Å². The Labute approximate surface area is 141 Å². The molecule has 0 radical (unpaired) electrons. The van der Waals surface area contributed by atoms with Crippen LogP contribution in [-0.2, 0) is 20.7 Å². The van der Waals surface area contributed by atoms with E-state index in [-0.39, 0.29) is 24.0 Å². The van der Waals surface area contributed by atoms with Gasteiger partial charge in [0, 0.05) is 13.0 Å². The number of ether oxygens (including phenoxy) is 2. The van der Waals surface area contributed by atoms with Crippen LogP contribution in [0.15, 0.2) is 18.2 Å². The Kier molecular flexibility index (Phi) is 9.11. The molecule has 0 aliphatic heterocycles. The van der Waals surface area contributed by atoms with Crippen molar-refractivity contribution >= 4 is 12.1 Å². The third-order valence-corrected chi connectivity index (χ3v) is 3.37. The quantitative estimate of drug-likeness (QED) is 0.262. The van der Waals surface area contributed by atoms with Gasteiger partial charge >= 0.3 is 12.1 Å². The van der Waals surface area contributed by atoms with Gasteiger partial charge in [-0.25, -0.2) is 4.79 Å². The van der Waals surface area contributed by atoms with Gasteiger partial charge in [-0.2, -0.15) is 0 Å². The minimum absolute atomic E-state index is 0.192. The molecule has 0 spiro atoms. The summed E-state index contributed by atoms with van der Waals surface area (Å²) in [4.78, 5) is 22.8. The molecule has 0 heterocycles. The Morgan fingerprint density at radius 1 is 1.08 bits per heavy atom. The number of amides is 1. The van der Waals surface area contributed by atoms with Crippen LogP contribution in [0.2, 0.25) is 0 Å². The van der Waals surface area contributed by atoms with Gasteiger partial charge in [-0.1, -0.05) is 32.3 Å². The lowest BCUT2D eigenvalue weighted by Crippen LogP contribution is -2.27. The van der Waals surface area contributed by atoms with Crippen LogP contribution in [0.5, 0.6) is 11.5 Å². The molecule has 7 heteroatoms. The van der Waals surface area contributed by atoms with Crippen molar-refractivity contribution in [1.82, 2.24) is 5.32 Å². The average molecular weight is 339 g/mol. The van der Waals surface area contributed by atoms with E-state index < -0.39 is 12.9 Å². The fraction of sp³-hybridized carbons (Fsp3) is 0.529. The molecule has 7 nitrogen and oxygen atoms in total. The van der Waals surface area contributed by atoms with Gasteiger partial charge in [0.25, 0.3) is 0 Å². The molecule has 134 valence electrons. The van der Waals surface area contributed by atoms with Gasteiger partial charge in [-0.3, -0.25) is 4.79 Å². The maximum absolute atomic E-state index is 11.4. The topological polar surface area (TPSA) is 105 Å². The zero-order valence-electron chi connectivity index (χ0n) is 13.9. The average Bonchev–Trinajstić information content (AvgIpc) is 2.55. The minimum Gasteiger partial charge on any atom is -0.504 e. The van der Waals surface area contributed by atoms with Crippen LogP contribution in [0.25, 0.3) is 0 Å². The first-order valence-corrected chi connectivity index (χ1v) is 8.10. The summed E-state index contributed by atoms with van der Waals surface area (Å²) in [6.07, 6.45) is 4.05. The maximum atomic E-state index is 11.4. The summed E-state index contributed by atoms with van der Waals surface area (Å²) in [6.45, 7) is 1.97. The molecular formula is C17H25NO6. The summed E-state index contributed by atoms with van der Waals surface area (Å²) < 4.78 is 9.54. The van der Waals surface area contributed by atoms with Crippen LogP contribution in [0.1, 0.15) is 44.6 Å². The van der Waals surface area contributed by atoms with E-state index in [9.17, 15) is 19.8 Å². The second-order valence-electron chi connectivity index (χ2n) is 5.38. The van der Waals surface area contributed by atoms with Crippen molar-refractivity contribution in [2.24, 2.45) is 0 Å². The number of aromatic hydroxyl groups is 2. The van der Waals surface area contributed by atoms with Crippen molar-refractivity contribution in [2.45, 2.75) is 45.4 Å². The van der Waals surface area contributed by atoms with Crippen LogP contribution >= 0.6 is 0 Å². The Morgan fingerprint density at radius 3 is 2.58 bits per heavy atom. The summed E-state index contributed by atoms with van der Waals surface area (Å²) in [5.74, 6) is -0.776. The van der Waals surface area contributed by atoms with E-state index in [1.165, 1.54) is 12.1 Å². The van der Waals surface area contributed by atoms with Crippen LogP contribution in [0.4, 0.5) is 4.79 Å². The van der Waals surface area contributed by atoms with Gasteiger partial charge in [0.2, 0.25) is 6.79 Å². The number of hydrogen-bond acceptors (Lipinski definition) is 6. The van der Waals surface area contributed by atoms with E-state index in [0.29, 0.717) is 12.8 Å². The minimum atomic E-state index is -0.684. The van der Waals surface area contributed by atoms with E-state index in [2.05, 4.69) is 12.2 Å². The molecule has 0 aromatic heterocycles. The van der Waals surface area contributed by atoms with E-state index in [0.717, 1.165) is 31.2 Å². The van der Waals surface area contributed by atoms with Crippen molar-refractivity contribution in [3.63, 3.8) is 0 Å². The van der Waals surface area contributed by atoms with Crippen LogP contribution in [0.3, 0.4) is 0 Å². The molecule has 0 atom stereocenters. The lowest BCUT2D eigenvalue weighted by atomic mass is 10.1. The van der Waals surface area contributed by atoms with E-state index >= 15 is 0 Å². The first kappa shape index (κ1) is 19.6. The summed E-state index contributed by atoms with van der Waals surface area (Å²) >= 11 is 0. The van der Waals surface area contributed by atoms with E-state index in [1.807, 2.05) is 0 Å². The third-order valence-electron chi connectivity index (χ3n) is 3.37. The first-order chi connectivity index (χ1) is 11.5. The second kappa shape index (κ2) is 11.2. The fourth-order valence-corrected chi connectivity index (χ4v) is 2.00. The normalized spacial score (nSPS) is 10.2. The highest BCUT2D eigenvalue weighted by molar-refractivity contribution is 5.70. The molecule has 1 rings (SSSR count). The fourth-order valence-electron chi connectivity index (χ4n) is 2.00. The van der Waals surface area contributed by atoms with Crippen LogP contribution < -0.4 is 5.32 Å². The van der Waals surface area contributed by atoms with Gasteiger partial charge in [-0.05, 0) is 30.5 Å². The maximum Gasteiger partial charge on any atom is 0.410 e. The molecule has 0 aliphatic carbocycles. The van der Waals surface area contributed by atoms with Gasteiger partial charge in [0.15, 0.2) is 11.5 Å². The molecule has 0 aliphatic rings. The summed E-state index contributed by atoms with van der Waals surface area (Å²) in [6, 6.07) is 4.44. The number of carbonyl (C=O) groups excluding carboxylic acids is 2. The molecule has 1 aromatic rings. The van der Waals surface area contributed by atoms with Crippen LogP contribution in [-0.4, -0.2) is 35.6 Å². The predicted octanol–water partition coefficient (Wildman–Crippen LogP) is 2.84. The Hall–Kier alpha value is -2.44. The van der Waals surface area contributed by atoms with Crippen molar-refractivity contribution < 1.29 is 29.3 Å². The number of unbranched alkanes of at least 4 members (excludes halogenated alkanes) is 3. The monoisotopic (exact) mass is 339 g/mol. The third kappa shape index (κ3) is 8.26. The number of carbonyl (C=O) groups is 2. The standard InChI is InChI=1S/C17H25NO6/c1-2-3-4-5-6-16(21)23-12-24-17(22)18-10-9-13-7-8-14(19)15(20)11-13/h7-8,11,19-20H,2-6,9-10,12H2,1H3,(H,18,22). The highest BCUT2D eigenvalue weighted by Gasteiger charge is 2.06. The predicted molar refractivity (Wildman–Crippen MR) is 87.7 cm³/mol. The number of esters is 1. The number of alkyl carbamates (subject to hydrolysis) is 1. The number of phenolic OH excluding ortho intramolecular Hbond substituents is 2. The number of nitrogens with one attached hydrogen (secondary N) is 1. The van der Waals surface area contributed by atoms with E-state index in [1.54, 1.807) is 6.07 Å². The van der Waals surface area contributed by atoms with Gasteiger partial charge in [0.1, 0.15) is 0 Å². The summed E-state index contributed by atoms with van der Waals surface area (Å²) in [5.41, 5.74) is 0.754. The van der Waals surface area contributed by atoms with Gasteiger partial charge in [-0.15, -0.1) is 0 Å². The Bertz CT molecular complexity index is 532. The number of benzene rings is 1. The Balaban J connectivity index is 2.09. The smallest absolute Gasteiger partial charge is 0.410 e. The highest BCUT2D eigenvalue weighted by Crippen LogP contribution is 2.24. The molecular weight excluding hydrogens is 314 g/mol. The molecule has 3 N–H and O–H groups in total. The largest absolute Gasteiger partial charge is 0.504 e. The van der Waals surface area contributed by atoms with Gasteiger partial charge < -0.3 is 25.0 Å². The van der Waals surface area contributed by atoms with E-state index in [4.69, 9.17) is 9.47 Å².